The molecule has 9 heteroatoms. The van der Waals surface area contributed by atoms with Crippen LogP contribution >= 0.6 is 23.5 Å². The van der Waals surface area contributed by atoms with E-state index in [2.05, 4.69) is 63.0 Å². The van der Waals surface area contributed by atoms with Gasteiger partial charge in [0, 0.05) is 75.1 Å². The standard InChI is InChI=1S/C50H33N3O4S2/c1-34(54)51-48-5-4-6-49(52-48)53-50(57)47-33-43(20-19-39-9-7-37(8-10-39)13-17-41-23-29-45(30-24-41)58-35(2)55)22-28-44(47)27-21-40-15-11-38(12-16-40)14-18-42-25-31-46(32-26-42)59-36(3)56/h4-12,15-16,22-26,28-33H,1-3H3,(H2,51,52,53,54,57). The number of hydrogen-bond donors (Lipinski definition) is 2. The molecule has 7 nitrogen and oxygen atoms in total. The van der Waals surface area contributed by atoms with E-state index in [9.17, 15) is 19.2 Å². The number of anilines is 2. The predicted octanol–water partition coefficient (Wildman–Crippen LogP) is 9.17. The Kier molecular flexibility index (Phi) is 14.0. The van der Waals surface area contributed by atoms with Crippen LogP contribution in [-0.4, -0.2) is 27.0 Å². The maximum atomic E-state index is 13.8. The smallest absolute Gasteiger partial charge is 0.258 e. The zero-order chi connectivity index (χ0) is 41.6. The molecule has 0 unspecified atom stereocenters. The van der Waals surface area contributed by atoms with E-state index in [1.165, 1.54) is 44.3 Å². The van der Waals surface area contributed by atoms with Crippen molar-refractivity contribution in [3.8, 4) is 47.4 Å². The minimum absolute atomic E-state index is 0.0322. The van der Waals surface area contributed by atoms with Crippen molar-refractivity contribution in [1.82, 2.24) is 4.98 Å². The second-order valence-electron chi connectivity index (χ2n) is 12.7. The van der Waals surface area contributed by atoms with Crippen LogP contribution in [0.4, 0.5) is 11.6 Å². The summed E-state index contributed by atoms with van der Waals surface area (Å²) >= 11 is 2.37. The number of carbonyl (C=O) groups is 4. The molecule has 1 aromatic heterocycles. The lowest BCUT2D eigenvalue weighted by Crippen LogP contribution is -2.16. The van der Waals surface area contributed by atoms with Crippen molar-refractivity contribution < 1.29 is 19.2 Å². The molecule has 0 aliphatic heterocycles. The normalized spacial score (nSPS) is 9.81. The van der Waals surface area contributed by atoms with E-state index in [0.29, 0.717) is 22.5 Å². The Bertz CT molecular complexity index is 2820. The van der Waals surface area contributed by atoms with Crippen LogP contribution in [0.2, 0.25) is 0 Å². The van der Waals surface area contributed by atoms with Gasteiger partial charge in [0.05, 0.1) is 5.56 Å². The summed E-state index contributed by atoms with van der Waals surface area (Å²) in [5.41, 5.74) is 6.20. The number of benzene rings is 5. The third kappa shape index (κ3) is 13.0. The maximum absolute atomic E-state index is 13.8. The highest BCUT2D eigenvalue weighted by molar-refractivity contribution is 8.13. The molecule has 0 radical (unpaired) electrons. The molecule has 0 atom stereocenters. The van der Waals surface area contributed by atoms with Crippen molar-refractivity contribution in [1.29, 1.82) is 0 Å². The highest BCUT2D eigenvalue weighted by Crippen LogP contribution is 2.20. The summed E-state index contributed by atoms with van der Waals surface area (Å²) in [6.07, 6.45) is 0. The summed E-state index contributed by atoms with van der Waals surface area (Å²) in [5, 5.41) is 5.51. The van der Waals surface area contributed by atoms with Crippen molar-refractivity contribution in [3.05, 3.63) is 184 Å². The number of amides is 2. The number of nitrogens with zero attached hydrogens (tertiary/aromatic N) is 1. The number of rotatable bonds is 5. The van der Waals surface area contributed by atoms with Gasteiger partial charge in [-0.2, -0.15) is 0 Å². The highest BCUT2D eigenvalue weighted by atomic mass is 32.2. The molecule has 284 valence electrons. The first-order chi connectivity index (χ1) is 28.5. The Hall–Kier alpha value is -7.53. The SMILES string of the molecule is CC(=O)Nc1cccc(NC(=O)c2cc(C#Cc3ccc(C#Cc4ccc(SC(C)=O)cc4)cc3)ccc2C#Cc2ccc(C#Cc3ccc(SC(C)=O)cc3)cc2)n1. The number of hydrogen-bond acceptors (Lipinski definition) is 7. The van der Waals surface area contributed by atoms with Crippen molar-refractivity contribution in [2.24, 2.45) is 0 Å². The zero-order valence-electron chi connectivity index (χ0n) is 32.1. The molecule has 0 aliphatic carbocycles. The number of pyridine rings is 1. The molecule has 0 spiro atoms. The highest BCUT2D eigenvalue weighted by Gasteiger charge is 2.13. The van der Waals surface area contributed by atoms with Gasteiger partial charge < -0.3 is 10.6 Å². The van der Waals surface area contributed by atoms with Gasteiger partial charge in [0.1, 0.15) is 11.6 Å². The van der Waals surface area contributed by atoms with Crippen molar-refractivity contribution in [2.45, 2.75) is 30.6 Å². The summed E-state index contributed by atoms with van der Waals surface area (Å²) in [7, 11) is 0. The van der Waals surface area contributed by atoms with Gasteiger partial charge in [0.25, 0.3) is 5.91 Å². The number of carbonyl (C=O) groups excluding carboxylic acids is 4. The third-order valence-electron chi connectivity index (χ3n) is 7.96. The Labute approximate surface area is 351 Å². The Balaban J connectivity index is 1.21. The molecule has 0 bridgehead atoms. The van der Waals surface area contributed by atoms with Gasteiger partial charge in [-0.15, -0.1) is 0 Å². The zero-order valence-corrected chi connectivity index (χ0v) is 33.7. The van der Waals surface area contributed by atoms with Gasteiger partial charge in [-0.1, -0.05) is 77.0 Å². The number of nitrogens with one attached hydrogen (secondary N) is 2. The monoisotopic (exact) mass is 803 g/mol. The first-order valence-electron chi connectivity index (χ1n) is 18.1. The molecule has 5 aromatic carbocycles. The van der Waals surface area contributed by atoms with Gasteiger partial charge in [0.2, 0.25) is 5.91 Å². The molecule has 59 heavy (non-hydrogen) atoms. The van der Waals surface area contributed by atoms with Gasteiger partial charge >= 0.3 is 0 Å². The second-order valence-corrected chi connectivity index (χ2v) is 15.2. The maximum Gasteiger partial charge on any atom is 0.258 e. The lowest BCUT2D eigenvalue weighted by Gasteiger charge is -2.09. The van der Waals surface area contributed by atoms with Crippen LogP contribution in [0.3, 0.4) is 0 Å². The fourth-order valence-electron chi connectivity index (χ4n) is 5.25. The molecule has 1 heterocycles. The molecule has 6 rings (SSSR count). The van der Waals surface area contributed by atoms with Gasteiger partial charge in [-0.3, -0.25) is 19.2 Å². The fraction of sp³-hybridized carbons (Fsp3) is 0.0600. The summed E-state index contributed by atoms with van der Waals surface area (Å²) in [5.74, 6) is 25.0. The van der Waals surface area contributed by atoms with Crippen LogP contribution in [-0.2, 0) is 14.4 Å². The summed E-state index contributed by atoms with van der Waals surface area (Å²) in [6, 6.07) is 40.3. The molecule has 2 N–H and O–H groups in total. The third-order valence-corrected chi connectivity index (χ3v) is 9.55. The van der Waals surface area contributed by atoms with E-state index in [4.69, 9.17) is 0 Å². The molecule has 0 saturated heterocycles. The van der Waals surface area contributed by atoms with Gasteiger partial charge in [-0.05, 0) is 127 Å². The van der Waals surface area contributed by atoms with Crippen LogP contribution in [0.1, 0.15) is 75.6 Å². The minimum Gasteiger partial charge on any atom is -0.311 e. The van der Waals surface area contributed by atoms with Crippen LogP contribution in [0.5, 0.6) is 0 Å². The van der Waals surface area contributed by atoms with Crippen LogP contribution in [0.25, 0.3) is 0 Å². The van der Waals surface area contributed by atoms with Crippen molar-refractivity contribution in [2.75, 3.05) is 10.6 Å². The first kappa shape index (κ1) is 41.1. The van der Waals surface area contributed by atoms with Crippen LogP contribution in [0.15, 0.2) is 143 Å². The average molecular weight is 804 g/mol. The van der Waals surface area contributed by atoms with E-state index >= 15 is 0 Å². The Morgan fingerprint density at radius 3 is 1.20 bits per heavy atom. The summed E-state index contributed by atoms with van der Waals surface area (Å²) < 4.78 is 0. The van der Waals surface area contributed by atoms with Crippen molar-refractivity contribution in [3.63, 3.8) is 0 Å². The summed E-state index contributed by atoms with van der Waals surface area (Å²) in [4.78, 5) is 54.1. The fourth-order valence-corrected chi connectivity index (χ4v) is 6.46. The molecule has 0 aliphatic rings. The van der Waals surface area contributed by atoms with E-state index < -0.39 is 5.91 Å². The lowest BCUT2D eigenvalue weighted by atomic mass is 10.0. The first-order valence-corrected chi connectivity index (χ1v) is 19.7. The second kappa shape index (κ2) is 20.1. The average Bonchev–Trinajstić information content (AvgIpc) is 3.22. The molecule has 6 aromatic rings. The van der Waals surface area contributed by atoms with E-state index in [-0.39, 0.29) is 22.0 Å². The largest absolute Gasteiger partial charge is 0.311 e. The number of aromatic nitrogens is 1. The van der Waals surface area contributed by atoms with Crippen LogP contribution in [0, 0.1) is 47.4 Å². The number of thioether (sulfide) groups is 2. The molecule has 0 fully saturated rings. The Morgan fingerprint density at radius 1 is 0.441 bits per heavy atom. The Morgan fingerprint density at radius 2 is 0.797 bits per heavy atom. The van der Waals surface area contributed by atoms with Gasteiger partial charge in [-0.25, -0.2) is 4.98 Å². The summed E-state index contributed by atoms with van der Waals surface area (Å²) in [6.45, 7) is 4.45. The topological polar surface area (TPSA) is 105 Å². The van der Waals surface area contributed by atoms with Gasteiger partial charge in [0.15, 0.2) is 10.2 Å². The molecular weight excluding hydrogens is 771 g/mol. The van der Waals surface area contributed by atoms with E-state index in [0.717, 1.165) is 43.2 Å². The molecule has 0 saturated carbocycles. The predicted molar refractivity (Wildman–Crippen MR) is 236 cm³/mol. The van der Waals surface area contributed by atoms with E-state index in [1.54, 1.807) is 30.3 Å². The van der Waals surface area contributed by atoms with E-state index in [1.807, 2.05) is 103 Å². The molecule has 2 amide bonds. The quantitative estimate of drug-likeness (QED) is 0.132. The lowest BCUT2D eigenvalue weighted by molar-refractivity contribution is -0.114. The minimum atomic E-state index is -0.445. The van der Waals surface area contributed by atoms with Crippen LogP contribution < -0.4 is 10.6 Å². The molecular formula is C50H33N3O4S2. The van der Waals surface area contributed by atoms with Crippen molar-refractivity contribution >= 4 is 57.2 Å².